The molecule has 132 valence electrons. The molecule has 1 amide bonds. The van der Waals surface area contributed by atoms with E-state index in [2.05, 4.69) is 5.32 Å². The Morgan fingerprint density at radius 2 is 1.65 bits per heavy atom. The summed E-state index contributed by atoms with van der Waals surface area (Å²) in [5.41, 5.74) is 3.20. The van der Waals surface area contributed by atoms with Crippen molar-refractivity contribution in [1.82, 2.24) is 5.32 Å². The molecule has 3 aromatic carbocycles. The number of rotatable bonds is 6. The third-order valence-electron chi connectivity index (χ3n) is 4.24. The average molecular weight is 347 g/mol. The molecule has 0 aliphatic heterocycles. The average Bonchev–Trinajstić information content (AvgIpc) is 2.72. The van der Waals surface area contributed by atoms with Crippen molar-refractivity contribution in [3.63, 3.8) is 0 Å². The maximum atomic E-state index is 12.7. The molecular formula is C22H21NO3. The SMILES string of the molecule is COc1ccc(C(=O)NC(CO)c2ccccc2)cc1-c1ccccc1. The predicted molar refractivity (Wildman–Crippen MR) is 102 cm³/mol. The lowest BCUT2D eigenvalue weighted by molar-refractivity contribution is 0.0916. The normalized spacial score (nSPS) is 11.6. The summed E-state index contributed by atoms with van der Waals surface area (Å²) in [5.74, 6) is 0.460. The van der Waals surface area contributed by atoms with Crippen LogP contribution in [-0.2, 0) is 0 Å². The highest BCUT2D eigenvalue weighted by Gasteiger charge is 2.16. The summed E-state index contributed by atoms with van der Waals surface area (Å²) in [6, 6.07) is 24.1. The highest BCUT2D eigenvalue weighted by atomic mass is 16.5. The summed E-state index contributed by atoms with van der Waals surface area (Å²) in [7, 11) is 1.61. The molecule has 1 unspecified atom stereocenters. The van der Waals surface area contributed by atoms with Crippen molar-refractivity contribution in [3.8, 4) is 16.9 Å². The molecule has 0 bridgehead atoms. The van der Waals surface area contributed by atoms with Gasteiger partial charge in [-0.2, -0.15) is 0 Å². The molecule has 0 saturated heterocycles. The maximum absolute atomic E-state index is 12.7. The van der Waals surface area contributed by atoms with Crippen LogP contribution >= 0.6 is 0 Å². The fourth-order valence-corrected chi connectivity index (χ4v) is 2.85. The maximum Gasteiger partial charge on any atom is 0.251 e. The van der Waals surface area contributed by atoms with E-state index in [0.717, 1.165) is 16.7 Å². The number of carbonyl (C=O) groups excluding carboxylic acids is 1. The van der Waals surface area contributed by atoms with Gasteiger partial charge in [-0.05, 0) is 29.3 Å². The van der Waals surface area contributed by atoms with E-state index in [1.807, 2.05) is 66.7 Å². The summed E-state index contributed by atoms with van der Waals surface area (Å²) in [5, 5.41) is 12.5. The molecule has 0 heterocycles. The van der Waals surface area contributed by atoms with Gasteiger partial charge in [-0.25, -0.2) is 0 Å². The van der Waals surface area contributed by atoms with Crippen molar-refractivity contribution < 1.29 is 14.6 Å². The van der Waals surface area contributed by atoms with Crippen LogP contribution in [0, 0.1) is 0 Å². The lowest BCUT2D eigenvalue weighted by Gasteiger charge is -2.17. The Morgan fingerprint density at radius 3 is 2.27 bits per heavy atom. The van der Waals surface area contributed by atoms with Gasteiger partial charge < -0.3 is 15.2 Å². The lowest BCUT2D eigenvalue weighted by atomic mass is 10.0. The molecule has 0 radical (unpaired) electrons. The first kappa shape index (κ1) is 17.7. The number of aliphatic hydroxyl groups is 1. The van der Waals surface area contributed by atoms with Gasteiger partial charge in [0, 0.05) is 11.1 Å². The van der Waals surface area contributed by atoms with Crippen molar-refractivity contribution in [2.24, 2.45) is 0 Å². The second kappa shape index (κ2) is 8.32. The molecule has 1 atom stereocenters. The number of amides is 1. The van der Waals surface area contributed by atoms with Gasteiger partial charge in [0.25, 0.3) is 5.91 Å². The summed E-state index contributed by atoms with van der Waals surface area (Å²) in [4.78, 5) is 12.7. The van der Waals surface area contributed by atoms with Crippen LogP contribution in [0.1, 0.15) is 22.0 Å². The molecule has 0 aliphatic carbocycles. The molecule has 0 saturated carbocycles. The van der Waals surface area contributed by atoms with Crippen LogP contribution in [0.5, 0.6) is 5.75 Å². The summed E-state index contributed by atoms with van der Waals surface area (Å²) in [6.45, 7) is -0.169. The third-order valence-corrected chi connectivity index (χ3v) is 4.24. The largest absolute Gasteiger partial charge is 0.496 e. The van der Waals surface area contributed by atoms with Crippen LogP contribution < -0.4 is 10.1 Å². The van der Waals surface area contributed by atoms with Crippen LogP contribution in [0.4, 0.5) is 0 Å². The Balaban J connectivity index is 1.88. The van der Waals surface area contributed by atoms with Crippen LogP contribution in [-0.4, -0.2) is 24.7 Å². The van der Waals surface area contributed by atoms with Gasteiger partial charge in [0.1, 0.15) is 5.75 Å². The zero-order chi connectivity index (χ0) is 18.4. The molecule has 0 aliphatic rings. The number of hydrogen-bond donors (Lipinski definition) is 2. The lowest BCUT2D eigenvalue weighted by Crippen LogP contribution is -2.30. The number of nitrogens with one attached hydrogen (secondary N) is 1. The number of hydrogen-bond acceptors (Lipinski definition) is 3. The monoisotopic (exact) mass is 347 g/mol. The van der Waals surface area contributed by atoms with Gasteiger partial charge in [0.2, 0.25) is 0 Å². The topological polar surface area (TPSA) is 58.6 Å². The first-order chi connectivity index (χ1) is 12.7. The smallest absolute Gasteiger partial charge is 0.251 e. The van der Waals surface area contributed by atoms with E-state index >= 15 is 0 Å². The molecule has 0 spiro atoms. The Morgan fingerprint density at radius 1 is 1.00 bits per heavy atom. The zero-order valence-corrected chi connectivity index (χ0v) is 14.6. The van der Waals surface area contributed by atoms with Crippen molar-refractivity contribution in [2.75, 3.05) is 13.7 Å². The Labute approximate surface area is 153 Å². The van der Waals surface area contributed by atoms with Gasteiger partial charge in [-0.3, -0.25) is 4.79 Å². The van der Waals surface area contributed by atoms with Gasteiger partial charge in [0.15, 0.2) is 0 Å². The fourth-order valence-electron chi connectivity index (χ4n) is 2.85. The second-order valence-corrected chi connectivity index (χ2v) is 5.90. The Hall–Kier alpha value is -3.11. The van der Waals surface area contributed by atoms with E-state index < -0.39 is 6.04 Å². The summed E-state index contributed by atoms with van der Waals surface area (Å²) in [6.07, 6.45) is 0. The minimum atomic E-state index is -0.453. The number of aliphatic hydroxyl groups excluding tert-OH is 1. The Bertz CT molecular complexity index is 863. The summed E-state index contributed by atoms with van der Waals surface area (Å²) < 4.78 is 5.43. The van der Waals surface area contributed by atoms with Crippen molar-refractivity contribution in [1.29, 1.82) is 0 Å². The van der Waals surface area contributed by atoms with E-state index in [-0.39, 0.29) is 12.5 Å². The van der Waals surface area contributed by atoms with E-state index in [1.54, 1.807) is 19.2 Å². The molecule has 4 nitrogen and oxygen atoms in total. The molecule has 4 heteroatoms. The van der Waals surface area contributed by atoms with Crippen molar-refractivity contribution >= 4 is 5.91 Å². The standard InChI is InChI=1S/C22H21NO3/c1-26-21-13-12-18(14-19(21)16-8-4-2-5-9-16)22(25)23-20(15-24)17-10-6-3-7-11-17/h2-14,20,24H,15H2,1H3,(H,23,25). The van der Waals surface area contributed by atoms with Crippen LogP contribution in [0.2, 0.25) is 0 Å². The highest BCUT2D eigenvalue weighted by molar-refractivity contribution is 5.96. The van der Waals surface area contributed by atoms with Crippen LogP contribution in [0.3, 0.4) is 0 Å². The molecule has 2 N–H and O–H groups in total. The van der Waals surface area contributed by atoms with Crippen molar-refractivity contribution in [3.05, 3.63) is 90.0 Å². The molecule has 0 aromatic heterocycles. The fraction of sp³-hybridized carbons (Fsp3) is 0.136. The minimum Gasteiger partial charge on any atom is -0.496 e. The van der Waals surface area contributed by atoms with Crippen LogP contribution in [0.25, 0.3) is 11.1 Å². The Kier molecular flexibility index (Phi) is 5.66. The number of methoxy groups -OCH3 is 1. The molecule has 3 aromatic rings. The minimum absolute atomic E-state index is 0.169. The molecular weight excluding hydrogens is 326 g/mol. The second-order valence-electron chi connectivity index (χ2n) is 5.90. The van der Waals surface area contributed by atoms with Gasteiger partial charge in [0.05, 0.1) is 19.8 Å². The van der Waals surface area contributed by atoms with Gasteiger partial charge in [-0.1, -0.05) is 60.7 Å². The highest BCUT2D eigenvalue weighted by Crippen LogP contribution is 2.31. The van der Waals surface area contributed by atoms with Crippen molar-refractivity contribution in [2.45, 2.75) is 6.04 Å². The summed E-state index contributed by atoms with van der Waals surface area (Å²) >= 11 is 0. The van der Waals surface area contributed by atoms with Gasteiger partial charge in [-0.15, -0.1) is 0 Å². The predicted octanol–water partition coefficient (Wildman–Crippen LogP) is 3.83. The number of benzene rings is 3. The third kappa shape index (κ3) is 3.92. The van der Waals surface area contributed by atoms with E-state index in [1.165, 1.54) is 0 Å². The molecule has 3 rings (SSSR count). The number of carbonyl (C=O) groups is 1. The van der Waals surface area contributed by atoms with E-state index in [0.29, 0.717) is 11.3 Å². The first-order valence-corrected chi connectivity index (χ1v) is 8.43. The number of ether oxygens (including phenoxy) is 1. The zero-order valence-electron chi connectivity index (χ0n) is 14.6. The van der Waals surface area contributed by atoms with E-state index in [9.17, 15) is 9.90 Å². The van der Waals surface area contributed by atoms with Crippen LogP contribution in [0.15, 0.2) is 78.9 Å². The first-order valence-electron chi connectivity index (χ1n) is 8.43. The quantitative estimate of drug-likeness (QED) is 0.712. The van der Waals surface area contributed by atoms with E-state index in [4.69, 9.17) is 4.74 Å². The molecule has 26 heavy (non-hydrogen) atoms. The van der Waals surface area contributed by atoms with Gasteiger partial charge >= 0.3 is 0 Å². The molecule has 0 fully saturated rings.